The van der Waals surface area contributed by atoms with Gasteiger partial charge >= 0.3 is 0 Å². The zero-order valence-electron chi connectivity index (χ0n) is 15.4. The number of benzene rings is 2. The van der Waals surface area contributed by atoms with Crippen LogP contribution in [0.3, 0.4) is 0 Å². The van der Waals surface area contributed by atoms with Crippen LogP contribution in [0, 0.1) is 13.8 Å². The Morgan fingerprint density at radius 1 is 0.750 bits per heavy atom. The lowest BCUT2D eigenvalue weighted by molar-refractivity contribution is 0.420. The van der Waals surface area contributed by atoms with Crippen LogP contribution in [-0.2, 0) is 0 Å². The normalized spacial score (nSPS) is 16.5. The predicted octanol–water partition coefficient (Wildman–Crippen LogP) is 7.21. The smallest absolute Gasteiger partial charge is 0.0162 e. The summed E-state index contributed by atoms with van der Waals surface area (Å²) >= 11 is 0. The van der Waals surface area contributed by atoms with Crippen molar-refractivity contribution in [1.29, 1.82) is 0 Å². The third kappa shape index (κ3) is 4.17. The van der Waals surface area contributed by atoms with Crippen molar-refractivity contribution in [2.45, 2.75) is 65.2 Å². The first kappa shape index (κ1) is 17.0. The molecule has 0 amide bonds. The highest BCUT2D eigenvalue weighted by molar-refractivity contribution is 5.68. The van der Waals surface area contributed by atoms with E-state index in [0.29, 0.717) is 0 Å². The second kappa shape index (κ2) is 7.83. The van der Waals surface area contributed by atoms with E-state index in [1.807, 2.05) is 0 Å². The van der Waals surface area contributed by atoms with Gasteiger partial charge in [0, 0.05) is 0 Å². The summed E-state index contributed by atoms with van der Waals surface area (Å²) in [5.41, 5.74) is 8.82. The first-order valence-electron chi connectivity index (χ1n) is 9.46. The monoisotopic (exact) mass is 318 g/mol. The quantitative estimate of drug-likeness (QED) is 0.548. The summed E-state index contributed by atoms with van der Waals surface area (Å²) in [6.07, 6.45) is 8.27. The molecule has 4 rings (SSSR count). The van der Waals surface area contributed by atoms with Gasteiger partial charge in [-0.3, -0.25) is 0 Å². The van der Waals surface area contributed by atoms with Crippen molar-refractivity contribution in [2.24, 2.45) is 0 Å². The maximum atomic E-state index is 2.28. The summed E-state index contributed by atoms with van der Waals surface area (Å²) in [6.45, 7) is 6.53. The summed E-state index contributed by atoms with van der Waals surface area (Å²) in [5, 5.41) is 0. The Balaban J connectivity index is 0.000000143. The van der Waals surface area contributed by atoms with Crippen LogP contribution in [0.2, 0.25) is 0 Å². The Morgan fingerprint density at radius 3 is 1.71 bits per heavy atom. The predicted molar refractivity (Wildman–Crippen MR) is 105 cm³/mol. The summed E-state index contributed by atoms with van der Waals surface area (Å²) in [7, 11) is 0. The average molecular weight is 319 g/mol. The molecule has 0 aromatic heterocycles. The van der Waals surface area contributed by atoms with Gasteiger partial charge in [-0.15, -0.1) is 0 Å². The molecule has 2 aromatic rings. The van der Waals surface area contributed by atoms with E-state index in [1.165, 1.54) is 60.8 Å². The first-order valence-corrected chi connectivity index (χ1v) is 9.46. The molecule has 126 valence electrons. The van der Waals surface area contributed by atoms with Gasteiger partial charge in [0.05, 0.1) is 0 Å². The number of aryl methyl sites for hydroxylation is 2. The molecule has 2 aromatic carbocycles. The zero-order chi connectivity index (χ0) is 16.9. The van der Waals surface area contributed by atoms with Crippen LogP contribution in [0.15, 0.2) is 54.1 Å². The number of hydrogen-bond acceptors (Lipinski definition) is 0. The SMILES string of the molecule is CC(=C1CCC1)c1ccc(C)cc1.Cc1ccc(C2CCC2)cc1. The van der Waals surface area contributed by atoms with Crippen molar-refractivity contribution >= 4 is 5.57 Å². The minimum absolute atomic E-state index is 0.885. The fourth-order valence-corrected chi connectivity index (χ4v) is 3.32. The summed E-state index contributed by atoms with van der Waals surface area (Å²) in [5.74, 6) is 0.885. The molecule has 0 spiro atoms. The van der Waals surface area contributed by atoms with E-state index in [4.69, 9.17) is 0 Å². The van der Waals surface area contributed by atoms with Crippen LogP contribution in [0.1, 0.15) is 73.6 Å². The van der Waals surface area contributed by atoms with Crippen molar-refractivity contribution in [3.8, 4) is 0 Å². The number of hydrogen-bond donors (Lipinski definition) is 0. The molecular weight excluding hydrogens is 288 g/mol. The zero-order valence-corrected chi connectivity index (χ0v) is 15.4. The Kier molecular flexibility index (Phi) is 5.56. The molecule has 0 atom stereocenters. The molecule has 0 radical (unpaired) electrons. The lowest BCUT2D eigenvalue weighted by Gasteiger charge is -2.25. The van der Waals surface area contributed by atoms with Gasteiger partial charge in [-0.05, 0) is 75.5 Å². The second-order valence-electron chi connectivity index (χ2n) is 7.49. The lowest BCUT2D eigenvalue weighted by atomic mass is 9.80. The summed E-state index contributed by atoms with van der Waals surface area (Å²) in [6, 6.07) is 17.8. The van der Waals surface area contributed by atoms with Crippen LogP contribution < -0.4 is 0 Å². The van der Waals surface area contributed by atoms with E-state index in [2.05, 4.69) is 69.3 Å². The molecule has 2 aliphatic rings. The Hall–Kier alpha value is -1.82. The molecule has 0 unspecified atom stereocenters. The van der Waals surface area contributed by atoms with Crippen LogP contribution in [0.5, 0.6) is 0 Å². The molecule has 0 aliphatic heterocycles. The molecule has 2 saturated carbocycles. The lowest BCUT2D eigenvalue weighted by Crippen LogP contribution is -2.08. The fourth-order valence-electron chi connectivity index (χ4n) is 3.32. The molecule has 2 aliphatic carbocycles. The molecule has 0 N–H and O–H groups in total. The van der Waals surface area contributed by atoms with E-state index >= 15 is 0 Å². The summed E-state index contributed by atoms with van der Waals surface area (Å²) < 4.78 is 0. The molecular formula is C24H30. The van der Waals surface area contributed by atoms with Crippen LogP contribution in [0.25, 0.3) is 5.57 Å². The van der Waals surface area contributed by atoms with Gasteiger partial charge < -0.3 is 0 Å². The fraction of sp³-hybridized carbons (Fsp3) is 0.417. The maximum absolute atomic E-state index is 2.28. The standard InChI is InChI=1S/C13H16.C11H14/c1-10-6-8-13(9-7-10)11(2)12-4-3-5-12;1-9-5-7-11(8-6-9)10-3-2-4-10/h6-9H,3-5H2,1-2H3;5-8,10H,2-4H2,1H3. The second-order valence-corrected chi connectivity index (χ2v) is 7.49. The van der Waals surface area contributed by atoms with Crippen LogP contribution in [0.4, 0.5) is 0 Å². The van der Waals surface area contributed by atoms with E-state index in [1.54, 1.807) is 11.1 Å². The van der Waals surface area contributed by atoms with Gasteiger partial charge in [0.15, 0.2) is 0 Å². The highest BCUT2D eigenvalue weighted by Crippen LogP contribution is 2.36. The highest BCUT2D eigenvalue weighted by atomic mass is 14.2. The van der Waals surface area contributed by atoms with Crippen molar-refractivity contribution in [3.63, 3.8) is 0 Å². The number of rotatable bonds is 2. The third-order valence-corrected chi connectivity index (χ3v) is 5.63. The van der Waals surface area contributed by atoms with Gasteiger partial charge in [-0.1, -0.05) is 71.7 Å². The molecule has 2 fully saturated rings. The van der Waals surface area contributed by atoms with E-state index in [0.717, 1.165) is 5.92 Å². The van der Waals surface area contributed by atoms with Crippen molar-refractivity contribution in [1.82, 2.24) is 0 Å². The molecule has 0 bridgehead atoms. The van der Waals surface area contributed by atoms with Gasteiger partial charge in [0.2, 0.25) is 0 Å². The topological polar surface area (TPSA) is 0 Å². The highest BCUT2D eigenvalue weighted by Gasteiger charge is 2.18. The molecule has 0 heteroatoms. The number of allylic oxidation sites excluding steroid dienone is 2. The van der Waals surface area contributed by atoms with Gasteiger partial charge in [-0.2, -0.15) is 0 Å². The molecule has 0 heterocycles. The van der Waals surface area contributed by atoms with E-state index in [9.17, 15) is 0 Å². The van der Waals surface area contributed by atoms with Gasteiger partial charge in [-0.25, -0.2) is 0 Å². The minimum Gasteiger partial charge on any atom is -0.0667 e. The molecule has 24 heavy (non-hydrogen) atoms. The van der Waals surface area contributed by atoms with Crippen LogP contribution >= 0.6 is 0 Å². The first-order chi connectivity index (χ1) is 11.6. The Morgan fingerprint density at radius 2 is 1.29 bits per heavy atom. The van der Waals surface area contributed by atoms with Crippen molar-refractivity contribution in [3.05, 3.63) is 76.4 Å². The van der Waals surface area contributed by atoms with Gasteiger partial charge in [0.1, 0.15) is 0 Å². The molecule has 0 nitrogen and oxygen atoms in total. The average Bonchev–Trinajstić information content (AvgIpc) is 2.47. The Bertz CT molecular complexity index is 676. The van der Waals surface area contributed by atoms with Crippen molar-refractivity contribution < 1.29 is 0 Å². The van der Waals surface area contributed by atoms with Crippen molar-refractivity contribution in [2.75, 3.05) is 0 Å². The largest absolute Gasteiger partial charge is 0.0667 e. The third-order valence-electron chi connectivity index (χ3n) is 5.63. The molecule has 0 saturated heterocycles. The maximum Gasteiger partial charge on any atom is -0.0162 e. The Labute approximate surface area is 147 Å². The van der Waals surface area contributed by atoms with E-state index < -0.39 is 0 Å². The van der Waals surface area contributed by atoms with Gasteiger partial charge in [0.25, 0.3) is 0 Å². The van der Waals surface area contributed by atoms with Crippen LogP contribution in [-0.4, -0.2) is 0 Å². The minimum atomic E-state index is 0.885. The van der Waals surface area contributed by atoms with E-state index in [-0.39, 0.29) is 0 Å². The summed E-state index contributed by atoms with van der Waals surface area (Å²) in [4.78, 5) is 0.